The number of anilines is 1. The van der Waals surface area contributed by atoms with Gasteiger partial charge in [-0.15, -0.1) is 11.8 Å². The molecule has 3 aromatic rings. The molecule has 1 aromatic heterocycles. The zero-order valence-electron chi connectivity index (χ0n) is 17.0. The highest BCUT2D eigenvalue weighted by molar-refractivity contribution is 8.00. The van der Waals surface area contributed by atoms with Crippen molar-refractivity contribution in [3.05, 3.63) is 84.4 Å². The monoisotopic (exact) mass is 437 g/mol. The maximum Gasteiger partial charge on any atom is 0.321 e. The summed E-state index contributed by atoms with van der Waals surface area (Å²) in [6.07, 6.45) is 5.22. The number of nitrogens with one attached hydrogen (secondary N) is 1. The fourth-order valence-electron chi connectivity index (χ4n) is 3.42. The third-order valence-electron chi connectivity index (χ3n) is 5.06. The average Bonchev–Trinajstić information content (AvgIpc) is 2.80. The van der Waals surface area contributed by atoms with Crippen molar-refractivity contribution >= 4 is 23.5 Å². The molecule has 31 heavy (non-hydrogen) atoms. The van der Waals surface area contributed by atoms with Gasteiger partial charge in [0.2, 0.25) is 0 Å². The van der Waals surface area contributed by atoms with Crippen molar-refractivity contribution in [3.8, 4) is 5.75 Å². The molecule has 5 nitrogen and oxygen atoms in total. The van der Waals surface area contributed by atoms with Crippen molar-refractivity contribution < 1.29 is 13.9 Å². The Bertz CT molecular complexity index is 993. The molecule has 0 aliphatic carbocycles. The number of thioether (sulfide) groups is 1. The number of amides is 2. The van der Waals surface area contributed by atoms with E-state index in [4.69, 9.17) is 4.74 Å². The van der Waals surface area contributed by atoms with Gasteiger partial charge in [0, 0.05) is 29.4 Å². The van der Waals surface area contributed by atoms with Crippen LogP contribution in [0.15, 0.2) is 78.0 Å². The lowest BCUT2D eigenvalue weighted by atomic mass is 10.1. The lowest BCUT2D eigenvalue weighted by molar-refractivity contribution is 0.201. The molecule has 0 unspecified atom stereocenters. The topological polar surface area (TPSA) is 54.5 Å². The Morgan fingerprint density at radius 3 is 2.65 bits per heavy atom. The van der Waals surface area contributed by atoms with Gasteiger partial charge in [-0.3, -0.25) is 4.98 Å². The van der Waals surface area contributed by atoms with E-state index in [9.17, 15) is 9.18 Å². The minimum absolute atomic E-state index is 0.0729. The van der Waals surface area contributed by atoms with Crippen LogP contribution < -0.4 is 10.1 Å². The van der Waals surface area contributed by atoms with Crippen molar-refractivity contribution in [3.63, 3.8) is 0 Å². The van der Waals surface area contributed by atoms with Crippen LogP contribution >= 0.6 is 11.8 Å². The number of aromatic nitrogens is 1. The third-order valence-corrected chi connectivity index (χ3v) is 6.41. The number of nitrogens with zero attached hydrogens (tertiary/aromatic N) is 2. The summed E-state index contributed by atoms with van der Waals surface area (Å²) in [5.74, 6) is 0.504. The van der Waals surface area contributed by atoms with Crippen LogP contribution in [0.3, 0.4) is 0 Å². The number of hydrogen-bond acceptors (Lipinski definition) is 4. The van der Waals surface area contributed by atoms with Crippen molar-refractivity contribution in [2.24, 2.45) is 0 Å². The lowest BCUT2D eigenvalue weighted by Gasteiger charge is -2.31. The highest BCUT2D eigenvalue weighted by atomic mass is 32.2. The molecule has 2 amide bonds. The van der Waals surface area contributed by atoms with E-state index in [-0.39, 0.29) is 11.8 Å². The molecule has 0 saturated carbocycles. The Kier molecular flexibility index (Phi) is 7.04. The SMILES string of the molecule is O=C(Nc1cccnc1)N1CCC(Sc2ccc(OCc3cccc(F)c3)cc2)CC1. The number of rotatable bonds is 6. The Hall–Kier alpha value is -3.06. The average molecular weight is 438 g/mol. The van der Waals surface area contributed by atoms with Gasteiger partial charge >= 0.3 is 6.03 Å². The third kappa shape index (κ3) is 6.21. The second kappa shape index (κ2) is 10.3. The van der Waals surface area contributed by atoms with Crippen LogP contribution in [0.2, 0.25) is 0 Å². The maximum atomic E-state index is 13.2. The number of piperidine rings is 1. The van der Waals surface area contributed by atoms with E-state index in [0.717, 1.165) is 37.2 Å². The number of pyridine rings is 1. The second-order valence-electron chi connectivity index (χ2n) is 7.37. The molecule has 4 rings (SSSR count). The predicted molar refractivity (Wildman–Crippen MR) is 121 cm³/mol. The van der Waals surface area contributed by atoms with Crippen LogP contribution in [-0.4, -0.2) is 34.3 Å². The number of urea groups is 1. The molecule has 0 bridgehead atoms. The molecule has 1 saturated heterocycles. The number of ether oxygens (including phenoxy) is 1. The number of halogens is 1. The van der Waals surface area contributed by atoms with Gasteiger partial charge in [0.1, 0.15) is 18.2 Å². The first-order valence-electron chi connectivity index (χ1n) is 10.3. The van der Waals surface area contributed by atoms with Gasteiger partial charge in [0.25, 0.3) is 0 Å². The highest BCUT2D eigenvalue weighted by Crippen LogP contribution is 2.31. The summed E-state index contributed by atoms with van der Waals surface area (Å²) < 4.78 is 19.0. The molecule has 2 aromatic carbocycles. The first-order valence-corrected chi connectivity index (χ1v) is 11.1. The van der Waals surface area contributed by atoms with Gasteiger partial charge in [-0.05, 0) is 66.9 Å². The summed E-state index contributed by atoms with van der Waals surface area (Å²) in [6, 6.07) is 18.0. The van der Waals surface area contributed by atoms with Crippen LogP contribution in [0.25, 0.3) is 0 Å². The first-order chi connectivity index (χ1) is 15.2. The smallest absolute Gasteiger partial charge is 0.321 e. The summed E-state index contributed by atoms with van der Waals surface area (Å²) in [5.41, 5.74) is 1.52. The van der Waals surface area contributed by atoms with E-state index in [1.807, 2.05) is 53.1 Å². The Morgan fingerprint density at radius 1 is 1.13 bits per heavy atom. The fourth-order valence-corrected chi connectivity index (χ4v) is 4.54. The summed E-state index contributed by atoms with van der Waals surface area (Å²) in [7, 11) is 0. The van der Waals surface area contributed by atoms with Gasteiger partial charge in [-0.2, -0.15) is 0 Å². The van der Waals surface area contributed by atoms with Crippen LogP contribution in [0, 0.1) is 5.82 Å². The van der Waals surface area contributed by atoms with Crippen LogP contribution in [-0.2, 0) is 6.61 Å². The molecule has 0 atom stereocenters. The minimum Gasteiger partial charge on any atom is -0.489 e. The van der Waals surface area contributed by atoms with E-state index >= 15 is 0 Å². The van der Waals surface area contributed by atoms with Gasteiger partial charge in [-0.1, -0.05) is 12.1 Å². The van der Waals surface area contributed by atoms with Crippen molar-refractivity contribution in [1.29, 1.82) is 0 Å². The molecule has 1 fully saturated rings. The summed E-state index contributed by atoms with van der Waals surface area (Å²) >= 11 is 1.83. The number of benzene rings is 2. The minimum atomic E-state index is -0.256. The zero-order valence-corrected chi connectivity index (χ0v) is 17.9. The summed E-state index contributed by atoms with van der Waals surface area (Å²) in [4.78, 5) is 19.4. The molecular weight excluding hydrogens is 413 g/mol. The zero-order chi connectivity index (χ0) is 21.5. The molecule has 1 aliphatic rings. The first kappa shape index (κ1) is 21.2. The van der Waals surface area contributed by atoms with E-state index in [1.54, 1.807) is 24.5 Å². The largest absolute Gasteiger partial charge is 0.489 e. The van der Waals surface area contributed by atoms with Crippen LogP contribution in [0.4, 0.5) is 14.9 Å². The van der Waals surface area contributed by atoms with Crippen molar-refractivity contribution in [2.45, 2.75) is 29.6 Å². The summed E-state index contributed by atoms with van der Waals surface area (Å²) in [5, 5.41) is 3.37. The molecule has 1 aliphatic heterocycles. The highest BCUT2D eigenvalue weighted by Gasteiger charge is 2.23. The Morgan fingerprint density at radius 2 is 1.94 bits per heavy atom. The van der Waals surface area contributed by atoms with Crippen molar-refractivity contribution in [1.82, 2.24) is 9.88 Å². The second-order valence-corrected chi connectivity index (χ2v) is 8.74. The Labute approximate surface area is 185 Å². The standard InChI is InChI=1S/C24H24FN3O2S/c25-19-4-1-3-18(15-19)17-30-21-6-8-22(9-7-21)31-23-10-13-28(14-11-23)24(29)27-20-5-2-12-26-16-20/h1-9,12,15-16,23H,10-11,13-14,17H2,(H,27,29). The van der Waals surface area contributed by atoms with E-state index < -0.39 is 0 Å². The van der Waals surface area contributed by atoms with E-state index in [1.165, 1.54) is 17.0 Å². The molecule has 7 heteroatoms. The van der Waals surface area contributed by atoms with Crippen LogP contribution in [0.1, 0.15) is 18.4 Å². The molecular formula is C24H24FN3O2S. The van der Waals surface area contributed by atoms with Gasteiger partial charge in [0.15, 0.2) is 0 Å². The van der Waals surface area contributed by atoms with Gasteiger partial charge in [0.05, 0.1) is 11.9 Å². The number of hydrogen-bond donors (Lipinski definition) is 1. The molecule has 160 valence electrons. The lowest BCUT2D eigenvalue weighted by Crippen LogP contribution is -2.41. The number of carbonyl (C=O) groups is 1. The van der Waals surface area contributed by atoms with E-state index in [0.29, 0.717) is 17.5 Å². The van der Waals surface area contributed by atoms with Crippen LogP contribution in [0.5, 0.6) is 5.75 Å². The molecule has 0 radical (unpaired) electrons. The van der Waals surface area contributed by atoms with E-state index in [2.05, 4.69) is 10.3 Å². The Balaban J connectivity index is 1.22. The number of likely N-dealkylation sites (tertiary alicyclic amines) is 1. The molecule has 0 spiro atoms. The van der Waals surface area contributed by atoms with Gasteiger partial charge in [-0.25, -0.2) is 9.18 Å². The molecule has 2 heterocycles. The molecule has 1 N–H and O–H groups in total. The van der Waals surface area contributed by atoms with Crippen molar-refractivity contribution in [2.75, 3.05) is 18.4 Å². The number of carbonyl (C=O) groups excluding carboxylic acids is 1. The normalized spacial score (nSPS) is 14.3. The quantitative estimate of drug-likeness (QED) is 0.546. The maximum absolute atomic E-state index is 13.2. The van der Waals surface area contributed by atoms with Gasteiger partial charge < -0.3 is 15.0 Å². The predicted octanol–water partition coefficient (Wildman–Crippen LogP) is 5.59. The summed E-state index contributed by atoms with van der Waals surface area (Å²) in [6.45, 7) is 1.81. The fraction of sp³-hybridized carbons (Fsp3) is 0.250.